The van der Waals surface area contributed by atoms with Gasteiger partial charge in [-0.2, -0.15) is 0 Å². The predicted octanol–water partition coefficient (Wildman–Crippen LogP) is 1.88. The van der Waals surface area contributed by atoms with Crippen LogP contribution in [0.3, 0.4) is 0 Å². The molecule has 0 aliphatic carbocycles. The average Bonchev–Trinajstić information content (AvgIpc) is 2.67. The Balaban J connectivity index is 2.52. The van der Waals surface area contributed by atoms with Gasteiger partial charge < -0.3 is 9.72 Å². The Morgan fingerprint density at radius 3 is 3.20 bits per heavy atom. The summed E-state index contributed by atoms with van der Waals surface area (Å²) in [6.07, 6.45) is 2.74. The Labute approximate surface area is 85.1 Å². The van der Waals surface area contributed by atoms with Crippen molar-refractivity contribution in [1.29, 1.82) is 0 Å². The van der Waals surface area contributed by atoms with Crippen molar-refractivity contribution < 1.29 is 13.9 Å². The SMILES string of the molecule is CCOC(=O)c1cnc2[nH]ccc2c1F. The molecule has 15 heavy (non-hydrogen) atoms. The number of H-pyrrole nitrogens is 1. The van der Waals surface area contributed by atoms with Crippen LogP contribution in [-0.4, -0.2) is 22.5 Å². The van der Waals surface area contributed by atoms with Gasteiger partial charge in [-0.3, -0.25) is 0 Å². The van der Waals surface area contributed by atoms with Crippen LogP contribution in [0, 0.1) is 5.82 Å². The first-order valence-corrected chi connectivity index (χ1v) is 4.52. The number of carbonyl (C=O) groups excluding carboxylic acids is 1. The van der Waals surface area contributed by atoms with Crippen molar-refractivity contribution >= 4 is 17.0 Å². The fraction of sp³-hybridized carbons (Fsp3) is 0.200. The van der Waals surface area contributed by atoms with Crippen molar-refractivity contribution in [3.05, 3.63) is 29.8 Å². The fourth-order valence-corrected chi connectivity index (χ4v) is 1.33. The van der Waals surface area contributed by atoms with Crippen molar-refractivity contribution in [3.8, 4) is 0 Å². The zero-order valence-electron chi connectivity index (χ0n) is 8.08. The maximum atomic E-state index is 13.7. The normalized spacial score (nSPS) is 10.5. The number of aromatic amines is 1. The molecule has 0 amide bonds. The van der Waals surface area contributed by atoms with E-state index in [0.29, 0.717) is 11.0 Å². The fourth-order valence-electron chi connectivity index (χ4n) is 1.33. The van der Waals surface area contributed by atoms with Crippen molar-refractivity contribution in [1.82, 2.24) is 9.97 Å². The molecule has 0 aliphatic heterocycles. The van der Waals surface area contributed by atoms with Crippen molar-refractivity contribution in [2.75, 3.05) is 6.61 Å². The van der Waals surface area contributed by atoms with E-state index in [4.69, 9.17) is 4.74 Å². The molecule has 0 aliphatic rings. The number of carbonyl (C=O) groups is 1. The largest absolute Gasteiger partial charge is 0.462 e. The van der Waals surface area contributed by atoms with Crippen LogP contribution in [0.4, 0.5) is 4.39 Å². The van der Waals surface area contributed by atoms with Gasteiger partial charge in [-0.15, -0.1) is 0 Å². The first-order chi connectivity index (χ1) is 7.24. The minimum atomic E-state index is -0.689. The van der Waals surface area contributed by atoms with Crippen molar-refractivity contribution in [3.63, 3.8) is 0 Å². The number of esters is 1. The van der Waals surface area contributed by atoms with Gasteiger partial charge in [-0.25, -0.2) is 14.2 Å². The van der Waals surface area contributed by atoms with E-state index in [-0.39, 0.29) is 12.2 Å². The Hall–Kier alpha value is -1.91. The summed E-state index contributed by atoms with van der Waals surface area (Å²) in [5.74, 6) is -1.29. The summed E-state index contributed by atoms with van der Waals surface area (Å²) in [4.78, 5) is 18.0. The standard InChI is InChI=1S/C10H9FN2O2/c1-2-15-10(14)7-5-13-9-6(8(7)11)3-4-12-9/h3-5H,2H2,1H3,(H,12,13). The van der Waals surface area contributed by atoms with Crippen molar-refractivity contribution in [2.45, 2.75) is 6.92 Å². The van der Waals surface area contributed by atoms with Gasteiger partial charge in [0.25, 0.3) is 0 Å². The lowest BCUT2D eigenvalue weighted by Gasteiger charge is -2.02. The first kappa shape index (κ1) is 9.64. The van der Waals surface area contributed by atoms with Gasteiger partial charge in [-0.05, 0) is 13.0 Å². The minimum absolute atomic E-state index is 0.135. The highest BCUT2D eigenvalue weighted by atomic mass is 19.1. The second-order valence-electron chi connectivity index (χ2n) is 2.95. The predicted molar refractivity (Wildman–Crippen MR) is 52.0 cm³/mol. The summed E-state index contributed by atoms with van der Waals surface area (Å²) in [6, 6.07) is 1.53. The van der Waals surface area contributed by atoms with Gasteiger partial charge in [-0.1, -0.05) is 0 Å². The smallest absolute Gasteiger partial charge is 0.342 e. The lowest BCUT2D eigenvalue weighted by Crippen LogP contribution is -2.08. The molecule has 1 N–H and O–H groups in total. The Kier molecular flexibility index (Phi) is 2.37. The molecule has 2 rings (SSSR count). The Bertz CT molecular complexity index is 507. The van der Waals surface area contributed by atoms with E-state index in [1.165, 1.54) is 12.3 Å². The van der Waals surface area contributed by atoms with Gasteiger partial charge >= 0.3 is 5.97 Å². The number of pyridine rings is 1. The highest BCUT2D eigenvalue weighted by Gasteiger charge is 2.16. The van der Waals surface area contributed by atoms with Crippen LogP contribution >= 0.6 is 0 Å². The second kappa shape index (κ2) is 3.68. The molecule has 0 saturated carbocycles. The zero-order chi connectivity index (χ0) is 10.8. The molecular weight excluding hydrogens is 199 g/mol. The van der Waals surface area contributed by atoms with Gasteiger partial charge in [0.1, 0.15) is 17.0 Å². The number of aromatic nitrogens is 2. The number of nitrogens with one attached hydrogen (secondary N) is 1. The third kappa shape index (κ3) is 1.56. The molecule has 2 aromatic heterocycles. The highest BCUT2D eigenvalue weighted by Crippen LogP contribution is 2.18. The molecule has 0 bridgehead atoms. The molecule has 2 aromatic rings. The van der Waals surface area contributed by atoms with E-state index in [9.17, 15) is 9.18 Å². The quantitative estimate of drug-likeness (QED) is 0.766. The first-order valence-electron chi connectivity index (χ1n) is 4.52. The number of hydrogen-bond acceptors (Lipinski definition) is 3. The van der Waals surface area contributed by atoms with E-state index in [1.54, 1.807) is 13.1 Å². The number of fused-ring (bicyclic) bond motifs is 1. The average molecular weight is 208 g/mol. The maximum Gasteiger partial charge on any atom is 0.342 e. The summed E-state index contributed by atoms with van der Waals surface area (Å²) >= 11 is 0. The summed E-state index contributed by atoms with van der Waals surface area (Å²) in [5, 5.41) is 0.292. The Morgan fingerprint density at radius 1 is 1.67 bits per heavy atom. The molecule has 78 valence electrons. The molecule has 2 heterocycles. The van der Waals surface area contributed by atoms with Crippen LogP contribution < -0.4 is 0 Å². The van der Waals surface area contributed by atoms with E-state index < -0.39 is 11.8 Å². The maximum absolute atomic E-state index is 13.7. The molecule has 5 heteroatoms. The number of halogens is 1. The summed E-state index contributed by atoms with van der Waals surface area (Å²) in [5.41, 5.74) is 0.282. The van der Waals surface area contributed by atoms with Crippen LogP contribution in [-0.2, 0) is 4.74 Å². The topological polar surface area (TPSA) is 55.0 Å². The van der Waals surface area contributed by atoms with Gasteiger partial charge in [0.2, 0.25) is 0 Å². The summed E-state index contributed by atoms with van der Waals surface area (Å²) in [6.45, 7) is 1.88. The molecule has 0 spiro atoms. The summed E-state index contributed by atoms with van der Waals surface area (Å²) in [7, 11) is 0. The van der Waals surface area contributed by atoms with E-state index in [1.807, 2.05) is 0 Å². The van der Waals surface area contributed by atoms with Crippen molar-refractivity contribution in [2.24, 2.45) is 0 Å². The number of hydrogen-bond donors (Lipinski definition) is 1. The monoisotopic (exact) mass is 208 g/mol. The third-order valence-electron chi connectivity index (χ3n) is 2.02. The van der Waals surface area contributed by atoms with Crippen LogP contribution in [0.5, 0.6) is 0 Å². The summed E-state index contributed by atoms with van der Waals surface area (Å²) < 4.78 is 18.4. The zero-order valence-corrected chi connectivity index (χ0v) is 8.08. The molecular formula is C10H9FN2O2. The third-order valence-corrected chi connectivity index (χ3v) is 2.02. The molecule has 0 fully saturated rings. The van der Waals surface area contributed by atoms with E-state index >= 15 is 0 Å². The second-order valence-corrected chi connectivity index (χ2v) is 2.95. The molecule has 0 atom stereocenters. The van der Waals surface area contributed by atoms with Gasteiger partial charge in [0.05, 0.1) is 12.0 Å². The molecule has 0 saturated heterocycles. The number of ether oxygens (including phenoxy) is 1. The van der Waals surface area contributed by atoms with Crippen LogP contribution in [0.25, 0.3) is 11.0 Å². The van der Waals surface area contributed by atoms with Crippen LogP contribution in [0.15, 0.2) is 18.5 Å². The lowest BCUT2D eigenvalue weighted by molar-refractivity contribution is 0.0521. The molecule has 0 aromatic carbocycles. The molecule has 0 unspecified atom stereocenters. The number of rotatable bonds is 2. The molecule has 0 radical (unpaired) electrons. The van der Waals surface area contributed by atoms with Gasteiger partial charge in [0, 0.05) is 12.4 Å². The van der Waals surface area contributed by atoms with Crippen LogP contribution in [0.2, 0.25) is 0 Å². The Morgan fingerprint density at radius 2 is 2.47 bits per heavy atom. The van der Waals surface area contributed by atoms with E-state index in [0.717, 1.165) is 0 Å². The lowest BCUT2D eigenvalue weighted by atomic mass is 10.2. The van der Waals surface area contributed by atoms with E-state index in [2.05, 4.69) is 9.97 Å². The molecule has 4 nitrogen and oxygen atoms in total. The van der Waals surface area contributed by atoms with Crippen LogP contribution in [0.1, 0.15) is 17.3 Å². The number of nitrogens with zero attached hydrogens (tertiary/aromatic N) is 1. The highest BCUT2D eigenvalue weighted by molar-refractivity contribution is 5.93. The van der Waals surface area contributed by atoms with Gasteiger partial charge in [0.15, 0.2) is 0 Å². The minimum Gasteiger partial charge on any atom is -0.462 e.